The number of terminal acetylenes is 1. The molecular weight excluding hydrogens is 486 g/mol. The van der Waals surface area contributed by atoms with Crippen molar-refractivity contribution in [1.29, 1.82) is 0 Å². The summed E-state index contributed by atoms with van der Waals surface area (Å²) in [5.74, 6) is 0.107. The van der Waals surface area contributed by atoms with Crippen LogP contribution < -0.4 is 21.7 Å². The van der Waals surface area contributed by atoms with Crippen molar-refractivity contribution in [3.8, 4) is 12.3 Å². The number of ketones is 1. The molecule has 0 radical (unpaired) electrons. The molecule has 3 rings (SSSR count). The summed E-state index contributed by atoms with van der Waals surface area (Å²) in [4.78, 5) is 66.5. The predicted octanol–water partition coefficient (Wildman–Crippen LogP) is 1.39. The molecule has 0 aromatic heterocycles. The van der Waals surface area contributed by atoms with Gasteiger partial charge in [-0.1, -0.05) is 38.7 Å². The zero-order chi connectivity index (χ0) is 27.9. The van der Waals surface area contributed by atoms with Gasteiger partial charge in [-0.2, -0.15) is 0 Å². The number of fused-ring (bicyclic) bond motifs is 1. The van der Waals surface area contributed by atoms with E-state index in [-0.39, 0.29) is 37.1 Å². The second-order valence-corrected chi connectivity index (χ2v) is 11.1. The lowest BCUT2D eigenvalue weighted by atomic mass is 9.70. The Labute approximate surface area is 224 Å². The van der Waals surface area contributed by atoms with E-state index in [1.54, 1.807) is 4.90 Å². The number of amides is 5. The topological polar surface area (TPSA) is 151 Å². The second-order valence-electron chi connectivity index (χ2n) is 11.1. The Bertz CT molecular complexity index is 983. The monoisotopic (exact) mass is 527 g/mol. The Hall–Kier alpha value is -3.35. The standard InChI is InChI=1S/C28H41N5O5/c1-4-6-13-20(22(34)25(36)30-16-5-2)31-24(35)21-19-12-10-11-18(19)17-33(21)26(37)23(32-27(29)38)28(3)14-8-7-9-15-28/h1,5,18-21,23H,2,6-17H2,3H3,(H,30,36)(H,31,35)(H3,29,32,38)/t18-,19-,20?,21-,23+/m0/s1. The van der Waals surface area contributed by atoms with Gasteiger partial charge < -0.3 is 26.6 Å². The van der Waals surface area contributed by atoms with E-state index in [0.717, 1.165) is 51.4 Å². The molecular formula is C28H41N5O5. The summed E-state index contributed by atoms with van der Waals surface area (Å²) in [6.07, 6.45) is 14.2. The molecule has 0 aromatic rings. The first-order valence-electron chi connectivity index (χ1n) is 13.7. The smallest absolute Gasteiger partial charge is 0.312 e. The largest absolute Gasteiger partial charge is 0.352 e. The number of primary amides is 1. The van der Waals surface area contributed by atoms with E-state index in [1.165, 1.54) is 6.08 Å². The summed E-state index contributed by atoms with van der Waals surface area (Å²) in [7, 11) is 0. The van der Waals surface area contributed by atoms with Gasteiger partial charge in [0.2, 0.25) is 17.6 Å². The van der Waals surface area contributed by atoms with Crippen LogP contribution in [0.1, 0.15) is 71.1 Å². The van der Waals surface area contributed by atoms with Gasteiger partial charge in [0, 0.05) is 19.5 Å². The molecule has 2 saturated carbocycles. The molecule has 1 heterocycles. The zero-order valence-corrected chi connectivity index (χ0v) is 22.3. The Morgan fingerprint density at radius 3 is 2.47 bits per heavy atom. The fraction of sp³-hybridized carbons (Fsp3) is 0.679. The van der Waals surface area contributed by atoms with Crippen LogP contribution in [0, 0.1) is 29.6 Å². The molecule has 208 valence electrons. The van der Waals surface area contributed by atoms with Crippen molar-refractivity contribution < 1.29 is 24.0 Å². The van der Waals surface area contributed by atoms with Crippen molar-refractivity contribution in [3.05, 3.63) is 12.7 Å². The van der Waals surface area contributed by atoms with Gasteiger partial charge in [-0.25, -0.2) is 4.79 Å². The summed E-state index contributed by atoms with van der Waals surface area (Å²) >= 11 is 0. The number of nitrogens with two attached hydrogens (primary N) is 1. The number of hydrogen-bond donors (Lipinski definition) is 4. The lowest BCUT2D eigenvalue weighted by molar-refractivity contribution is -0.145. The average Bonchev–Trinajstić information content (AvgIpc) is 3.49. The Kier molecular flexibility index (Phi) is 9.95. The normalized spacial score (nSPS) is 25.3. The van der Waals surface area contributed by atoms with Crippen LogP contribution in [-0.4, -0.2) is 65.7 Å². The minimum absolute atomic E-state index is 0.0645. The third-order valence-electron chi connectivity index (χ3n) is 8.51. The van der Waals surface area contributed by atoms with Crippen molar-refractivity contribution in [1.82, 2.24) is 20.9 Å². The van der Waals surface area contributed by atoms with Crippen molar-refractivity contribution in [2.45, 2.75) is 89.3 Å². The van der Waals surface area contributed by atoms with Gasteiger partial charge in [0.25, 0.3) is 5.91 Å². The highest BCUT2D eigenvalue weighted by Crippen LogP contribution is 2.45. The number of Topliss-reactive ketones (excluding diaryl/α,β-unsaturated/α-hetero) is 1. The van der Waals surface area contributed by atoms with E-state index in [4.69, 9.17) is 12.2 Å². The molecule has 1 aliphatic heterocycles. The first kappa shape index (κ1) is 29.2. The summed E-state index contributed by atoms with van der Waals surface area (Å²) in [5, 5.41) is 7.88. The van der Waals surface area contributed by atoms with Crippen molar-refractivity contribution in [2.75, 3.05) is 13.1 Å². The van der Waals surface area contributed by atoms with Crippen molar-refractivity contribution >= 4 is 29.5 Å². The fourth-order valence-corrected chi connectivity index (χ4v) is 6.52. The average molecular weight is 528 g/mol. The molecule has 5 atom stereocenters. The Morgan fingerprint density at radius 2 is 1.84 bits per heavy atom. The number of nitrogens with one attached hydrogen (secondary N) is 3. The van der Waals surface area contributed by atoms with Gasteiger partial charge in [-0.3, -0.25) is 19.2 Å². The van der Waals surface area contributed by atoms with Crippen LogP contribution in [0.25, 0.3) is 0 Å². The number of likely N-dealkylation sites (tertiary alicyclic amines) is 1. The van der Waals surface area contributed by atoms with Crippen LogP contribution in [0.5, 0.6) is 0 Å². The number of nitrogens with zero attached hydrogens (tertiary/aromatic N) is 1. The van der Waals surface area contributed by atoms with E-state index < -0.39 is 47.2 Å². The summed E-state index contributed by atoms with van der Waals surface area (Å²) in [6, 6.07) is -3.55. The fourth-order valence-electron chi connectivity index (χ4n) is 6.52. The van der Waals surface area contributed by atoms with Crippen LogP contribution in [-0.2, 0) is 19.2 Å². The highest BCUT2D eigenvalue weighted by Gasteiger charge is 2.53. The van der Waals surface area contributed by atoms with Gasteiger partial charge in [-0.05, 0) is 49.4 Å². The summed E-state index contributed by atoms with van der Waals surface area (Å²) < 4.78 is 0. The highest BCUT2D eigenvalue weighted by molar-refractivity contribution is 6.38. The number of rotatable bonds is 11. The number of hydrogen-bond acceptors (Lipinski definition) is 5. The van der Waals surface area contributed by atoms with Crippen LogP contribution in [0.2, 0.25) is 0 Å². The lowest BCUT2D eigenvalue weighted by Gasteiger charge is -2.42. The lowest BCUT2D eigenvalue weighted by Crippen LogP contribution is -2.61. The van der Waals surface area contributed by atoms with Crippen molar-refractivity contribution in [2.24, 2.45) is 23.0 Å². The first-order chi connectivity index (χ1) is 18.1. The van der Waals surface area contributed by atoms with Crippen LogP contribution in [0.15, 0.2) is 12.7 Å². The molecule has 38 heavy (non-hydrogen) atoms. The van der Waals surface area contributed by atoms with Gasteiger partial charge in [0.15, 0.2) is 0 Å². The molecule has 5 N–H and O–H groups in total. The second kappa shape index (κ2) is 12.9. The molecule has 2 aliphatic carbocycles. The van der Waals surface area contributed by atoms with Gasteiger partial charge in [-0.15, -0.1) is 18.9 Å². The molecule has 5 amide bonds. The summed E-state index contributed by atoms with van der Waals surface area (Å²) in [5.41, 5.74) is 5.02. The third kappa shape index (κ3) is 6.55. The predicted molar refractivity (Wildman–Crippen MR) is 142 cm³/mol. The Balaban J connectivity index is 1.86. The van der Waals surface area contributed by atoms with Crippen molar-refractivity contribution in [3.63, 3.8) is 0 Å². The van der Waals surface area contributed by atoms with Gasteiger partial charge in [0.05, 0.1) is 6.04 Å². The molecule has 3 fully saturated rings. The summed E-state index contributed by atoms with van der Waals surface area (Å²) in [6.45, 7) is 6.03. The maximum atomic E-state index is 14.1. The molecule has 0 spiro atoms. The molecule has 0 bridgehead atoms. The molecule has 1 unspecified atom stereocenters. The maximum Gasteiger partial charge on any atom is 0.312 e. The molecule has 1 saturated heterocycles. The van der Waals surface area contributed by atoms with E-state index in [9.17, 15) is 24.0 Å². The quantitative estimate of drug-likeness (QED) is 0.182. The SMILES string of the molecule is C#CCCC(NC(=O)[C@@H]1[C@H]2CCC[C@H]2CN1C(=O)[C@@H](NC(N)=O)C1(C)CCCCC1)C(=O)C(=O)NCC=C. The molecule has 3 aliphatic rings. The number of urea groups is 1. The molecule has 10 nitrogen and oxygen atoms in total. The van der Waals surface area contributed by atoms with Crippen LogP contribution in [0.3, 0.4) is 0 Å². The maximum absolute atomic E-state index is 14.1. The van der Waals surface area contributed by atoms with Gasteiger partial charge >= 0.3 is 6.03 Å². The molecule has 10 heteroatoms. The molecule has 0 aromatic carbocycles. The third-order valence-corrected chi connectivity index (χ3v) is 8.51. The minimum Gasteiger partial charge on any atom is -0.352 e. The zero-order valence-electron chi connectivity index (χ0n) is 22.3. The van der Waals surface area contributed by atoms with Gasteiger partial charge in [0.1, 0.15) is 12.1 Å². The van der Waals surface area contributed by atoms with E-state index in [2.05, 4.69) is 28.4 Å². The number of carbonyl (C=O) groups excluding carboxylic acids is 5. The van der Waals surface area contributed by atoms with E-state index >= 15 is 0 Å². The number of carbonyl (C=O) groups is 5. The van der Waals surface area contributed by atoms with E-state index in [0.29, 0.717) is 6.54 Å². The van der Waals surface area contributed by atoms with Crippen LogP contribution in [0.4, 0.5) is 4.79 Å². The Morgan fingerprint density at radius 1 is 1.13 bits per heavy atom. The van der Waals surface area contributed by atoms with Crippen LogP contribution >= 0.6 is 0 Å². The first-order valence-corrected chi connectivity index (χ1v) is 13.7. The minimum atomic E-state index is -1.11. The highest BCUT2D eigenvalue weighted by atomic mass is 16.2. The van der Waals surface area contributed by atoms with E-state index in [1.807, 2.05) is 6.92 Å².